The van der Waals surface area contributed by atoms with Gasteiger partial charge in [-0.05, 0) is 43.7 Å². The predicted molar refractivity (Wildman–Crippen MR) is 82.1 cm³/mol. The summed E-state index contributed by atoms with van der Waals surface area (Å²) in [6.45, 7) is 6.33. The Hall–Kier alpha value is -0.870. The fourth-order valence-electron chi connectivity index (χ4n) is 3.09. The van der Waals surface area contributed by atoms with E-state index >= 15 is 0 Å². The molecule has 1 fully saturated rings. The summed E-state index contributed by atoms with van der Waals surface area (Å²) >= 11 is 0. The van der Waals surface area contributed by atoms with Crippen LogP contribution < -0.4 is 4.72 Å². The van der Waals surface area contributed by atoms with Gasteiger partial charge in [-0.2, -0.15) is 0 Å². The third kappa shape index (κ3) is 3.61. The maximum atomic E-state index is 12.5. The molecule has 0 heterocycles. The molecule has 1 saturated carbocycles. The number of hydrogen-bond donors (Lipinski definition) is 1. The summed E-state index contributed by atoms with van der Waals surface area (Å²) in [4.78, 5) is 0.371. The van der Waals surface area contributed by atoms with E-state index < -0.39 is 10.0 Å². The van der Waals surface area contributed by atoms with E-state index in [-0.39, 0.29) is 6.04 Å². The molecule has 0 spiro atoms. The van der Waals surface area contributed by atoms with E-state index in [0.29, 0.717) is 16.7 Å². The normalized spacial score (nSPS) is 24.0. The first kappa shape index (κ1) is 15.5. The van der Waals surface area contributed by atoms with Gasteiger partial charge in [-0.3, -0.25) is 0 Å². The highest BCUT2D eigenvalue weighted by Crippen LogP contribution is 2.31. The average molecular weight is 295 g/mol. The Morgan fingerprint density at radius 3 is 2.30 bits per heavy atom. The molecule has 1 aliphatic carbocycles. The summed E-state index contributed by atoms with van der Waals surface area (Å²) in [5.41, 5.74) is 1.07. The lowest BCUT2D eigenvalue weighted by Gasteiger charge is -2.34. The quantitative estimate of drug-likeness (QED) is 0.924. The van der Waals surface area contributed by atoms with Gasteiger partial charge >= 0.3 is 0 Å². The Kier molecular flexibility index (Phi) is 4.86. The Balaban J connectivity index is 2.16. The minimum atomic E-state index is -3.39. The van der Waals surface area contributed by atoms with Crippen molar-refractivity contribution in [3.8, 4) is 0 Å². The van der Waals surface area contributed by atoms with Crippen LogP contribution in [0, 0.1) is 18.8 Å². The van der Waals surface area contributed by atoms with Gasteiger partial charge in [-0.25, -0.2) is 13.1 Å². The molecule has 1 aliphatic rings. The molecule has 0 aromatic heterocycles. The molecule has 0 saturated heterocycles. The molecule has 0 amide bonds. The number of hydrogen-bond acceptors (Lipinski definition) is 2. The molecule has 2 rings (SSSR count). The second-order valence-electron chi connectivity index (χ2n) is 6.23. The zero-order valence-corrected chi connectivity index (χ0v) is 13.4. The minimum Gasteiger partial charge on any atom is -0.208 e. The summed E-state index contributed by atoms with van der Waals surface area (Å²) in [7, 11) is -3.39. The minimum absolute atomic E-state index is 0.0788. The van der Waals surface area contributed by atoms with E-state index in [0.717, 1.165) is 24.8 Å². The second-order valence-corrected chi connectivity index (χ2v) is 7.95. The average Bonchev–Trinajstić information content (AvgIpc) is 2.39. The topological polar surface area (TPSA) is 46.2 Å². The van der Waals surface area contributed by atoms with Crippen LogP contribution in [0.1, 0.15) is 45.1 Å². The van der Waals surface area contributed by atoms with E-state index in [1.54, 1.807) is 12.1 Å². The smallest absolute Gasteiger partial charge is 0.208 e. The van der Waals surface area contributed by atoms with Crippen LogP contribution in [-0.4, -0.2) is 14.5 Å². The first-order valence-corrected chi connectivity index (χ1v) is 8.97. The molecular weight excluding hydrogens is 270 g/mol. The van der Waals surface area contributed by atoms with Crippen LogP contribution in [0.2, 0.25) is 0 Å². The van der Waals surface area contributed by atoms with Crippen molar-refractivity contribution in [1.29, 1.82) is 0 Å². The number of sulfonamides is 1. The van der Waals surface area contributed by atoms with Crippen LogP contribution in [0.4, 0.5) is 0 Å². The molecule has 1 N–H and O–H groups in total. The van der Waals surface area contributed by atoms with Crippen molar-refractivity contribution in [3.05, 3.63) is 29.8 Å². The van der Waals surface area contributed by atoms with E-state index in [4.69, 9.17) is 0 Å². The summed E-state index contributed by atoms with van der Waals surface area (Å²) in [6, 6.07) is 7.13. The Labute approximate surface area is 122 Å². The van der Waals surface area contributed by atoms with Crippen molar-refractivity contribution >= 4 is 10.0 Å². The van der Waals surface area contributed by atoms with E-state index in [1.807, 2.05) is 19.1 Å². The summed E-state index contributed by atoms with van der Waals surface area (Å²) in [5.74, 6) is 0.963. The number of benzene rings is 1. The monoisotopic (exact) mass is 295 g/mol. The third-order valence-corrected chi connectivity index (χ3v) is 5.82. The van der Waals surface area contributed by atoms with Crippen molar-refractivity contribution in [2.75, 3.05) is 0 Å². The van der Waals surface area contributed by atoms with E-state index in [2.05, 4.69) is 18.6 Å². The van der Waals surface area contributed by atoms with Gasteiger partial charge in [0.15, 0.2) is 0 Å². The predicted octanol–water partition coefficient (Wildman–Crippen LogP) is 3.49. The fourth-order valence-corrected chi connectivity index (χ4v) is 4.41. The molecule has 1 aromatic rings. The molecule has 0 aliphatic heterocycles. The van der Waals surface area contributed by atoms with Gasteiger partial charge in [0.05, 0.1) is 4.90 Å². The van der Waals surface area contributed by atoms with E-state index in [9.17, 15) is 8.42 Å². The lowest BCUT2D eigenvalue weighted by atomic mass is 9.78. The van der Waals surface area contributed by atoms with Gasteiger partial charge < -0.3 is 0 Å². The third-order valence-electron chi connectivity index (χ3n) is 4.31. The molecular formula is C16H25NO2S. The van der Waals surface area contributed by atoms with Crippen molar-refractivity contribution in [2.45, 2.75) is 57.4 Å². The standard InChI is InChI=1S/C16H25NO2S/c1-12(2)15-6-4-5-7-16(15)17-20(18,19)14-10-8-13(3)9-11-14/h8-12,15-17H,4-7H2,1-3H3/t15-,16+/m1/s1. The number of nitrogens with one attached hydrogen (secondary N) is 1. The summed E-state index contributed by atoms with van der Waals surface area (Å²) in [6.07, 6.45) is 4.41. The molecule has 0 bridgehead atoms. The zero-order valence-electron chi connectivity index (χ0n) is 12.6. The summed E-state index contributed by atoms with van der Waals surface area (Å²) in [5, 5.41) is 0. The van der Waals surface area contributed by atoms with Gasteiger partial charge in [-0.15, -0.1) is 0 Å². The first-order valence-electron chi connectivity index (χ1n) is 7.49. The van der Waals surface area contributed by atoms with Crippen LogP contribution in [0.25, 0.3) is 0 Å². The fraction of sp³-hybridized carbons (Fsp3) is 0.625. The molecule has 112 valence electrons. The van der Waals surface area contributed by atoms with Crippen molar-refractivity contribution in [2.24, 2.45) is 11.8 Å². The molecule has 4 heteroatoms. The molecule has 20 heavy (non-hydrogen) atoms. The van der Waals surface area contributed by atoms with Crippen LogP contribution in [0.3, 0.4) is 0 Å². The van der Waals surface area contributed by atoms with Gasteiger partial charge in [0.2, 0.25) is 10.0 Å². The van der Waals surface area contributed by atoms with Crippen LogP contribution in [-0.2, 0) is 10.0 Å². The van der Waals surface area contributed by atoms with Crippen LogP contribution in [0.5, 0.6) is 0 Å². The lowest BCUT2D eigenvalue weighted by molar-refractivity contribution is 0.226. The number of rotatable bonds is 4. The van der Waals surface area contributed by atoms with Crippen LogP contribution >= 0.6 is 0 Å². The summed E-state index contributed by atoms with van der Waals surface area (Å²) < 4.78 is 27.9. The lowest BCUT2D eigenvalue weighted by Crippen LogP contribution is -2.43. The van der Waals surface area contributed by atoms with Crippen molar-refractivity contribution in [3.63, 3.8) is 0 Å². The molecule has 3 nitrogen and oxygen atoms in total. The maximum Gasteiger partial charge on any atom is 0.240 e. The van der Waals surface area contributed by atoms with Gasteiger partial charge in [-0.1, -0.05) is 44.4 Å². The molecule has 2 atom stereocenters. The highest BCUT2D eigenvalue weighted by molar-refractivity contribution is 7.89. The van der Waals surface area contributed by atoms with E-state index in [1.165, 1.54) is 6.42 Å². The largest absolute Gasteiger partial charge is 0.240 e. The Morgan fingerprint density at radius 1 is 1.10 bits per heavy atom. The van der Waals surface area contributed by atoms with Gasteiger partial charge in [0.1, 0.15) is 0 Å². The molecule has 0 radical (unpaired) electrons. The highest BCUT2D eigenvalue weighted by atomic mass is 32.2. The van der Waals surface area contributed by atoms with Crippen molar-refractivity contribution < 1.29 is 8.42 Å². The second kappa shape index (κ2) is 6.27. The molecule has 1 aromatic carbocycles. The van der Waals surface area contributed by atoms with Crippen molar-refractivity contribution in [1.82, 2.24) is 4.72 Å². The van der Waals surface area contributed by atoms with Gasteiger partial charge in [0.25, 0.3) is 0 Å². The van der Waals surface area contributed by atoms with Gasteiger partial charge in [0, 0.05) is 6.04 Å². The zero-order chi connectivity index (χ0) is 14.8. The first-order chi connectivity index (χ1) is 9.40. The Bertz CT molecular complexity index is 534. The Morgan fingerprint density at radius 2 is 1.70 bits per heavy atom. The highest BCUT2D eigenvalue weighted by Gasteiger charge is 2.31. The van der Waals surface area contributed by atoms with Crippen LogP contribution in [0.15, 0.2) is 29.2 Å². The molecule has 0 unspecified atom stereocenters. The maximum absolute atomic E-state index is 12.5. The SMILES string of the molecule is Cc1ccc(S(=O)(=O)N[C@H]2CCCC[C@@H]2C(C)C)cc1. The number of aryl methyl sites for hydroxylation is 1.